The lowest BCUT2D eigenvalue weighted by Crippen LogP contribution is -2.31. The molecule has 3 heteroatoms. The van der Waals surface area contributed by atoms with Crippen molar-refractivity contribution in [2.75, 3.05) is 13.6 Å². The molecule has 1 saturated carbocycles. The lowest BCUT2D eigenvalue weighted by atomic mass is 10.1. The van der Waals surface area contributed by atoms with E-state index in [-0.39, 0.29) is 5.91 Å². The lowest BCUT2D eigenvalue weighted by molar-refractivity contribution is 0.0768. The van der Waals surface area contributed by atoms with E-state index in [0.717, 1.165) is 17.4 Å². The zero-order chi connectivity index (χ0) is 13.2. The molecule has 1 aliphatic rings. The SMILES string of the molecule is CN(CC1CCCC1)C(=O)c1cc2ccccc2[nH]1. The maximum absolute atomic E-state index is 12.4. The lowest BCUT2D eigenvalue weighted by Gasteiger charge is -2.20. The second-order valence-corrected chi connectivity index (χ2v) is 5.61. The Morgan fingerprint density at radius 2 is 2.05 bits per heavy atom. The number of hydrogen-bond donors (Lipinski definition) is 1. The van der Waals surface area contributed by atoms with Crippen molar-refractivity contribution in [3.05, 3.63) is 36.0 Å². The average molecular weight is 256 g/mol. The molecule has 100 valence electrons. The molecule has 1 fully saturated rings. The zero-order valence-corrected chi connectivity index (χ0v) is 11.4. The van der Waals surface area contributed by atoms with Crippen LogP contribution >= 0.6 is 0 Å². The third kappa shape index (κ3) is 2.50. The first-order valence-corrected chi connectivity index (χ1v) is 7.07. The predicted octanol–water partition coefficient (Wildman–Crippen LogP) is 3.43. The van der Waals surface area contributed by atoms with Gasteiger partial charge in [-0.05, 0) is 30.9 Å². The quantitative estimate of drug-likeness (QED) is 0.897. The number of carbonyl (C=O) groups is 1. The highest BCUT2D eigenvalue weighted by Crippen LogP contribution is 2.25. The number of nitrogens with one attached hydrogen (secondary N) is 1. The molecule has 1 aliphatic carbocycles. The zero-order valence-electron chi connectivity index (χ0n) is 11.4. The van der Waals surface area contributed by atoms with Gasteiger partial charge in [0.05, 0.1) is 0 Å². The maximum Gasteiger partial charge on any atom is 0.270 e. The molecule has 1 aromatic heterocycles. The minimum absolute atomic E-state index is 0.100. The second-order valence-electron chi connectivity index (χ2n) is 5.61. The van der Waals surface area contributed by atoms with Crippen LogP contribution in [0.3, 0.4) is 0 Å². The van der Waals surface area contributed by atoms with E-state index in [9.17, 15) is 4.79 Å². The highest BCUT2D eigenvalue weighted by atomic mass is 16.2. The normalized spacial score (nSPS) is 16.1. The Morgan fingerprint density at radius 3 is 2.79 bits per heavy atom. The number of aromatic amines is 1. The molecule has 0 aliphatic heterocycles. The number of benzene rings is 1. The van der Waals surface area contributed by atoms with E-state index in [2.05, 4.69) is 4.98 Å². The number of carbonyl (C=O) groups excluding carboxylic acids is 1. The molecule has 0 spiro atoms. The van der Waals surface area contributed by atoms with Crippen LogP contribution in [0.4, 0.5) is 0 Å². The highest BCUT2D eigenvalue weighted by molar-refractivity contribution is 5.97. The molecule has 0 atom stereocenters. The summed E-state index contributed by atoms with van der Waals surface area (Å²) in [5.41, 5.74) is 1.72. The van der Waals surface area contributed by atoms with E-state index < -0.39 is 0 Å². The number of aromatic nitrogens is 1. The number of amides is 1. The van der Waals surface area contributed by atoms with Gasteiger partial charge < -0.3 is 9.88 Å². The molecule has 1 N–H and O–H groups in total. The number of hydrogen-bond acceptors (Lipinski definition) is 1. The molecule has 19 heavy (non-hydrogen) atoms. The highest BCUT2D eigenvalue weighted by Gasteiger charge is 2.21. The standard InChI is InChI=1S/C16H20N2O/c1-18(11-12-6-2-3-7-12)16(19)15-10-13-8-4-5-9-14(13)17-15/h4-5,8-10,12,17H,2-3,6-7,11H2,1H3. The molecule has 3 rings (SSSR count). The first-order chi connectivity index (χ1) is 9.24. The molecular formula is C16H20N2O. The van der Waals surface area contributed by atoms with Crippen molar-refractivity contribution >= 4 is 16.8 Å². The van der Waals surface area contributed by atoms with Gasteiger partial charge in [-0.1, -0.05) is 31.0 Å². The summed E-state index contributed by atoms with van der Waals surface area (Å²) >= 11 is 0. The summed E-state index contributed by atoms with van der Waals surface area (Å²) in [6, 6.07) is 9.95. The van der Waals surface area contributed by atoms with E-state index in [1.807, 2.05) is 42.3 Å². The van der Waals surface area contributed by atoms with Crippen molar-refractivity contribution in [2.24, 2.45) is 5.92 Å². The van der Waals surface area contributed by atoms with E-state index in [4.69, 9.17) is 0 Å². The first-order valence-electron chi connectivity index (χ1n) is 7.07. The Hall–Kier alpha value is -1.77. The minimum Gasteiger partial charge on any atom is -0.351 e. The largest absolute Gasteiger partial charge is 0.351 e. The van der Waals surface area contributed by atoms with Gasteiger partial charge in [-0.25, -0.2) is 0 Å². The van der Waals surface area contributed by atoms with Crippen molar-refractivity contribution in [3.8, 4) is 0 Å². The van der Waals surface area contributed by atoms with E-state index in [0.29, 0.717) is 11.6 Å². The van der Waals surface area contributed by atoms with Crippen LogP contribution in [0.1, 0.15) is 36.2 Å². The fourth-order valence-corrected chi connectivity index (χ4v) is 3.06. The summed E-state index contributed by atoms with van der Waals surface area (Å²) in [6.45, 7) is 0.883. The van der Waals surface area contributed by atoms with Crippen LogP contribution in [-0.2, 0) is 0 Å². The Kier molecular flexibility index (Phi) is 3.28. The van der Waals surface area contributed by atoms with Crippen LogP contribution in [0, 0.1) is 5.92 Å². The average Bonchev–Trinajstić information content (AvgIpc) is 3.05. The van der Waals surface area contributed by atoms with Crippen LogP contribution in [0.5, 0.6) is 0 Å². The number of nitrogens with zero attached hydrogens (tertiary/aromatic N) is 1. The van der Waals surface area contributed by atoms with Gasteiger partial charge in [0, 0.05) is 24.5 Å². The molecule has 0 radical (unpaired) electrons. The van der Waals surface area contributed by atoms with E-state index >= 15 is 0 Å². The summed E-state index contributed by atoms with van der Waals surface area (Å²) in [5.74, 6) is 0.793. The number of fused-ring (bicyclic) bond motifs is 1. The third-order valence-corrected chi connectivity index (χ3v) is 4.11. The van der Waals surface area contributed by atoms with Crippen LogP contribution in [-0.4, -0.2) is 29.4 Å². The summed E-state index contributed by atoms with van der Waals surface area (Å²) < 4.78 is 0. The minimum atomic E-state index is 0.100. The van der Waals surface area contributed by atoms with Crippen LogP contribution in [0.15, 0.2) is 30.3 Å². The molecule has 1 heterocycles. The second kappa shape index (κ2) is 5.08. The Labute approximate surface area is 113 Å². The van der Waals surface area contributed by atoms with Gasteiger partial charge in [0.1, 0.15) is 5.69 Å². The van der Waals surface area contributed by atoms with Crippen molar-refractivity contribution < 1.29 is 4.79 Å². The van der Waals surface area contributed by atoms with Crippen molar-refractivity contribution in [2.45, 2.75) is 25.7 Å². The first kappa shape index (κ1) is 12.3. The Morgan fingerprint density at radius 1 is 1.32 bits per heavy atom. The van der Waals surface area contributed by atoms with Crippen LogP contribution in [0.2, 0.25) is 0 Å². The molecule has 0 bridgehead atoms. The summed E-state index contributed by atoms with van der Waals surface area (Å²) in [5, 5.41) is 1.10. The monoisotopic (exact) mass is 256 g/mol. The number of H-pyrrole nitrogens is 1. The summed E-state index contributed by atoms with van der Waals surface area (Å²) in [7, 11) is 1.91. The van der Waals surface area contributed by atoms with Gasteiger partial charge in [-0.15, -0.1) is 0 Å². The van der Waals surface area contributed by atoms with Gasteiger partial charge in [-0.3, -0.25) is 4.79 Å². The van der Waals surface area contributed by atoms with Gasteiger partial charge in [0.2, 0.25) is 0 Å². The predicted molar refractivity (Wildman–Crippen MR) is 77.2 cm³/mol. The molecule has 0 unspecified atom stereocenters. The van der Waals surface area contributed by atoms with Crippen LogP contribution in [0.25, 0.3) is 10.9 Å². The third-order valence-electron chi connectivity index (χ3n) is 4.11. The van der Waals surface area contributed by atoms with E-state index in [1.165, 1.54) is 25.7 Å². The number of para-hydroxylation sites is 1. The van der Waals surface area contributed by atoms with Gasteiger partial charge in [0.25, 0.3) is 5.91 Å². The Balaban J connectivity index is 1.74. The summed E-state index contributed by atoms with van der Waals surface area (Å²) in [4.78, 5) is 17.5. The number of rotatable bonds is 3. The summed E-state index contributed by atoms with van der Waals surface area (Å²) in [6.07, 6.45) is 5.17. The topological polar surface area (TPSA) is 36.1 Å². The van der Waals surface area contributed by atoms with Crippen molar-refractivity contribution in [3.63, 3.8) is 0 Å². The van der Waals surface area contributed by atoms with Gasteiger partial charge >= 0.3 is 0 Å². The van der Waals surface area contributed by atoms with Crippen LogP contribution < -0.4 is 0 Å². The molecule has 1 amide bonds. The Bertz CT molecular complexity index is 548. The smallest absolute Gasteiger partial charge is 0.270 e. The molecule has 0 saturated heterocycles. The van der Waals surface area contributed by atoms with Gasteiger partial charge in [0.15, 0.2) is 0 Å². The molecule has 1 aromatic carbocycles. The van der Waals surface area contributed by atoms with Crippen molar-refractivity contribution in [1.82, 2.24) is 9.88 Å². The molecule has 2 aromatic rings. The molecule has 3 nitrogen and oxygen atoms in total. The van der Waals surface area contributed by atoms with E-state index in [1.54, 1.807) is 0 Å². The fraction of sp³-hybridized carbons (Fsp3) is 0.438. The molecular weight excluding hydrogens is 236 g/mol. The fourth-order valence-electron chi connectivity index (χ4n) is 3.06. The van der Waals surface area contributed by atoms with Crippen molar-refractivity contribution in [1.29, 1.82) is 0 Å². The van der Waals surface area contributed by atoms with Gasteiger partial charge in [-0.2, -0.15) is 0 Å². The maximum atomic E-state index is 12.4.